The average Bonchev–Trinajstić information content (AvgIpc) is 3.68. The van der Waals surface area contributed by atoms with Crippen LogP contribution in [0.15, 0.2) is 158 Å². The van der Waals surface area contributed by atoms with Gasteiger partial charge in [-0.1, -0.05) is 103 Å². The quantitative estimate of drug-likeness (QED) is 0.197. The SMILES string of the molecule is N#Cc1cc(-c2cccc(-c3ccc(-n4c5ccccc5c5ccccc54)cc3)c2)cc(-c2cccc3c2sc2ccccc23)c1. The van der Waals surface area contributed by atoms with Crippen LogP contribution in [0.3, 0.4) is 0 Å². The van der Waals surface area contributed by atoms with Gasteiger partial charge < -0.3 is 4.57 Å². The highest BCUT2D eigenvalue weighted by molar-refractivity contribution is 7.26. The molecule has 2 nitrogen and oxygen atoms in total. The van der Waals surface area contributed by atoms with E-state index in [0.29, 0.717) is 5.56 Å². The molecule has 0 saturated carbocycles. The maximum absolute atomic E-state index is 10.0. The third-order valence-corrected chi connectivity index (χ3v) is 10.2. The standard InChI is InChI=1S/C43H26N2S/c44-27-28-23-32(26-33(24-28)35-14-8-15-39-38-13-3-6-18-42(38)46-43(35)39)31-10-7-9-30(25-31)29-19-21-34(22-20-29)45-40-16-4-1-11-36(40)37-12-2-5-17-41(37)45/h1-26H. The molecular formula is C43H26N2S. The van der Waals surface area contributed by atoms with Gasteiger partial charge >= 0.3 is 0 Å². The lowest BCUT2D eigenvalue weighted by atomic mass is 9.94. The van der Waals surface area contributed by atoms with E-state index in [-0.39, 0.29) is 0 Å². The van der Waals surface area contributed by atoms with Crippen molar-refractivity contribution < 1.29 is 0 Å². The minimum Gasteiger partial charge on any atom is -0.309 e. The number of aromatic nitrogens is 1. The second-order valence-electron chi connectivity index (χ2n) is 11.7. The van der Waals surface area contributed by atoms with Crippen molar-refractivity contribution in [2.75, 3.05) is 0 Å². The van der Waals surface area contributed by atoms with Crippen molar-refractivity contribution in [1.29, 1.82) is 5.26 Å². The van der Waals surface area contributed by atoms with Crippen LogP contribution in [0.4, 0.5) is 0 Å². The summed E-state index contributed by atoms with van der Waals surface area (Å²) in [7, 11) is 0. The van der Waals surface area contributed by atoms with Crippen molar-refractivity contribution in [2.24, 2.45) is 0 Å². The molecule has 7 aromatic carbocycles. The van der Waals surface area contributed by atoms with Crippen LogP contribution in [0.2, 0.25) is 0 Å². The van der Waals surface area contributed by atoms with E-state index < -0.39 is 0 Å². The van der Waals surface area contributed by atoms with E-state index in [1.54, 1.807) is 0 Å². The normalized spacial score (nSPS) is 11.5. The van der Waals surface area contributed by atoms with E-state index >= 15 is 0 Å². The summed E-state index contributed by atoms with van der Waals surface area (Å²) in [6.07, 6.45) is 0. The number of fused-ring (bicyclic) bond motifs is 6. The predicted octanol–water partition coefficient (Wildman–Crippen LogP) is 12.0. The minimum atomic E-state index is 0.659. The Morgan fingerprint density at radius 3 is 1.78 bits per heavy atom. The van der Waals surface area contributed by atoms with Gasteiger partial charge in [-0.2, -0.15) is 5.26 Å². The van der Waals surface area contributed by atoms with Gasteiger partial charge in [0.15, 0.2) is 0 Å². The molecular weight excluding hydrogens is 577 g/mol. The molecule has 214 valence electrons. The zero-order chi connectivity index (χ0) is 30.6. The van der Waals surface area contributed by atoms with E-state index in [0.717, 1.165) is 39.1 Å². The average molecular weight is 603 g/mol. The Morgan fingerprint density at radius 1 is 0.457 bits per heavy atom. The number of nitriles is 1. The Balaban J connectivity index is 1.12. The molecule has 0 atom stereocenters. The van der Waals surface area contributed by atoms with Gasteiger partial charge in [0.25, 0.3) is 0 Å². The summed E-state index contributed by atoms with van der Waals surface area (Å²) in [5.41, 5.74) is 10.9. The Labute approximate surface area is 270 Å². The fourth-order valence-corrected chi connectivity index (χ4v) is 8.11. The molecule has 0 aliphatic rings. The number of thiophene rings is 1. The van der Waals surface area contributed by atoms with Gasteiger partial charge in [0.2, 0.25) is 0 Å². The van der Waals surface area contributed by atoms with Gasteiger partial charge in [-0.3, -0.25) is 0 Å². The van der Waals surface area contributed by atoms with Crippen LogP contribution >= 0.6 is 11.3 Å². The van der Waals surface area contributed by atoms with Crippen LogP contribution < -0.4 is 0 Å². The molecule has 0 fully saturated rings. The highest BCUT2D eigenvalue weighted by Crippen LogP contribution is 2.41. The molecule has 0 aliphatic heterocycles. The molecule has 0 bridgehead atoms. The van der Waals surface area contributed by atoms with Gasteiger partial charge in [0, 0.05) is 36.6 Å². The second-order valence-corrected chi connectivity index (χ2v) is 12.7. The molecule has 2 heterocycles. The molecule has 0 aliphatic carbocycles. The Morgan fingerprint density at radius 2 is 1.04 bits per heavy atom. The van der Waals surface area contributed by atoms with Gasteiger partial charge in [-0.05, 0) is 88.0 Å². The lowest BCUT2D eigenvalue weighted by molar-refractivity contribution is 1.18. The van der Waals surface area contributed by atoms with E-state index in [1.807, 2.05) is 23.5 Å². The first-order valence-corrected chi connectivity index (χ1v) is 16.2. The number of rotatable bonds is 4. The third-order valence-electron chi connectivity index (χ3n) is 9.01. The van der Waals surface area contributed by atoms with Crippen LogP contribution in [-0.4, -0.2) is 4.57 Å². The van der Waals surface area contributed by atoms with E-state index in [9.17, 15) is 5.26 Å². The zero-order valence-electron chi connectivity index (χ0n) is 24.8. The van der Waals surface area contributed by atoms with Crippen LogP contribution in [-0.2, 0) is 0 Å². The highest BCUT2D eigenvalue weighted by atomic mass is 32.1. The number of nitrogens with zero attached hydrogens (tertiary/aromatic N) is 2. The lowest BCUT2D eigenvalue weighted by Gasteiger charge is -2.12. The molecule has 46 heavy (non-hydrogen) atoms. The largest absolute Gasteiger partial charge is 0.309 e. The Bertz CT molecular complexity index is 2600. The lowest BCUT2D eigenvalue weighted by Crippen LogP contribution is -1.93. The molecule has 9 rings (SSSR count). The van der Waals surface area contributed by atoms with Gasteiger partial charge in [-0.15, -0.1) is 11.3 Å². The molecule has 0 unspecified atom stereocenters. The number of hydrogen-bond donors (Lipinski definition) is 0. The first-order valence-electron chi connectivity index (χ1n) is 15.4. The number of benzene rings is 7. The van der Waals surface area contributed by atoms with Crippen molar-refractivity contribution in [3.05, 3.63) is 163 Å². The first-order chi connectivity index (χ1) is 22.7. The van der Waals surface area contributed by atoms with Crippen LogP contribution in [0, 0.1) is 11.3 Å². The van der Waals surface area contributed by atoms with Gasteiger partial charge in [-0.25, -0.2) is 0 Å². The van der Waals surface area contributed by atoms with Crippen molar-refractivity contribution in [3.63, 3.8) is 0 Å². The monoisotopic (exact) mass is 602 g/mol. The smallest absolute Gasteiger partial charge is 0.0992 e. The van der Waals surface area contributed by atoms with E-state index in [4.69, 9.17) is 0 Å². The van der Waals surface area contributed by atoms with Crippen molar-refractivity contribution in [2.45, 2.75) is 0 Å². The highest BCUT2D eigenvalue weighted by Gasteiger charge is 2.14. The molecule has 9 aromatic rings. The predicted molar refractivity (Wildman–Crippen MR) is 195 cm³/mol. The fraction of sp³-hybridized carbons (Fsp3) is 0. The topological polar surface area (TPSA) is 28.7 Å². The molecule has 0 N–H and O–H groups in total. The summed E-state index contributed by atoms with van der Waals surface area (Å²) in [5, 5.41) is 15.1. The van der Waals surface area contributed by atoms with Gasteiger partial charge in [0.05, 0.1) is 22.7 Å². The maximum atomic E-state index is 10.0. The fourth-order valence-electron chi connectivity index (χ4n) is 6.87. The maximum Gasteiger partial charge on any atom is 0.0992 e. The minimum absolute atomic E-state index is 0.659. The van der Waals surface area contributed by atoms with Crippen LogP contribution in [0.1, 0.15) is 5.56 Å². The molecule has 0 amide bonds. The molecule has 3 heteroatoms. The van der Waals surface area contributed by atoms with Crippen LogP contribution in [0.25, 0.3) is 81.0 Å². The summed E-state index contributed by atoms with van der Waals surface area (Å²) < 4.78 is 4.87. The second kappa shape index (κ2) is 10.6. The molecule has 2 aromatic heterocycles. The Hall–Kier alpha value is -5.95. The molecule has 0 saturated heterocycles. The molecule has 0 spiro atoms. The summed E-state index contributed by atoms with van der Waals surface area (Å²) >= 11 is 1.81. The number of para-hydroxylation sites is 2. The third kappa shape index (κ3) is 4.24. The summed E-state index contributed by atoms with van der Waals surface area (Å²) in [4.78, 5) is 0. The molecule has 0 radical (unpaired) electrons. The summed E-state index contributed by atoms with van der Waals surface area (Å²) in [6, 6.07) is 58.4. The summed E-state index contributed by atoms with van der Waals surface area (Å²) in [5.74, 6) is 0. The number of hydrogen-bond acceptors (Lipinski definition) is 2. The van der Waals surface area contributed by atoms with Crippen molar-refractivity contribution >= 4 is 53.3 Å². The Kier molecular flexibility index (Phi) is 6.09. The van der Waals surface area contributed by atoms with Crippen LogP contribution in [0.5, 0.6) is 0 Å². The van der Waals surface area contributed by atoms with E-state index in [1.165, 1.54) is 42.0 Å². The summed E-state index contributed by atoms with van der Waals surface area (Å²) in [6.45, 7) is 0. The van der Waals surface area contributed by atoms with Crippen molar-refractivity contribution in [3.8, 4) is 45.1 Å². The zero-order valence-corrected chi connectivity index (χ0v) is 25.6. The first kappa shape index (κ1) is 26.5. The van der Waals surface area contributed by atoms with Gasteiger partial charge in [0.1, 0.15) is 0 Å². The van der Waals surface area contributed by atoms with Crippen molar-refractivity contribution in [1.82, 2.24) is 4.57 Å². The van der Waals surface area contributed by atoms with E-state index in [2.05, 4.69) is 156 Å².